The third-order valence-corrected chi connectivity index (χ3v) is 1.35. The van der Waals surface area contributed by atoms with Crippen molar-refractivity contribution in [2.45, 2.75) is 12.8 Å². The minimum absolute atomic E-state index is 1.06. The molecule has 0 saturated carbocycles. The van der Waals surface area contributed by atoms with E-state index in [2.05, 4.69) is 22.5 Å². The molecule has 1 aliphatic rings. The van der Waals surface area contributed by atoms with Gasteiger partial charge in [0.1, 0.15) is 0 Å². The Hall–Kier alpha value is -0.400. The molecule has 0 aliphatic carbocycles. The van der Waals surface area contributed by atoms with Crippen molar-refractivity contribution in [2.24, 2.45) is 5.10 Å². The molecule has 0 spiro atoms. The Morgan fingerprint density at radius 1 is 1.38 bits per heavy atom. The lowest BCUT2D eigenvalue weighted by Gasteiger charge is -2.04. The fourth-order valence-electron chi connectivity index (χ4n) is 0.858. The summed E-state index contributed by atoms with van der Waals surface area (Å²) in [7, 11) is 0. The van der Waals surface area contributed by atoms with Gasteiger partial charge in [-0.25, -0.2) is 0 Å². The van der Waals surface area contributed by atoms with E-state index >= 15 is 0 Å². The molecule has 1 aliphatic heterocycles. The first-order valence-corrected chi connectivity index (χ1v) is 3.17. The summed E-state index contributed by atoms with van der Waals surface area (Å²) in [6.45, 7) is 2.12. The molecule has 0 atom stereocenters. The van der Waals surface area contributed by atoms with Gasteiger partial charge in [0.2, 0.25) is 0 Å². The number of rotatable bonds is 1. The summed E-state index contributed by atoms with van der Waals surface area (Å²) in [5.41, 5.74) is 0. The third kappa shape index (κ3) is 1.29. The van der Waals surface area contributed by atoms with Gasteiger partial charge >= 0.3 is 0 Å². The zero-order valence-electron chi connectivity index (χ0n) is 4.63. The second-order valence-electron chi connectivity index (χ2n) is 1.85. The van der Waals surface area contributed by atoms with Gasteiger partial charge < -0.3 is 0 Å². The quantitative estimate of drug-likeness (QED) is 0.388. The van der Waals surface area contributed by atoms with Gasteiger partial charge in [0, 0.05) is 13.1 Å². The molecule has 3 heteroatoms. The van der Waals surface area contributed by atoms with Gasteiger partial charge in [-0.05, 0) is 25.1 Å². The maximum atomic E-state index is 4.43. The SMILES string of the molecule is S=C=NN1CCCC1. The maximum Gasteiger partial charge on any atom is 0.0846 e. The number of nitrogens with zero attached hydrogens (tertiary/aromatic N) is 2. The van der Waals surface area contributed by atoms with E-state index in [0.717, 1.165) is 13.1 Å². The van der Waals surface area contributed by atoms with E-state index < -0.39 is 0 Å². The van der Waals surface area contributed by atoms with E-state index in [1.165, 1.54) is 12.8 Å². The fourth-order valence-corrected chi connectivity index (χ4v) is 0.974. The summed E-state index contributed by atoms with van der Waals surface area (Å²) in [6, 6.07) is 0. The molecule has 1 heterocycles. The van der Waals surface area contributed by atoms with E-state index in [4.69, 9.17) is 0 Å². The summed E-state index contributed by atoms with van der Waals surface area (Å²) in [5.74, 6) is 0. The third-order valence-electron chi connectivity index (χ3n) is 1.26. The zero-order chi connectivity index (χ0) is 5.82. The first-order chi connectivity index (χ1) is 3.93. The van der Waals surface area contributed by atoms with Crippen molar-refractivity contribution < 1.29 is 0 Å². The van der Waals surface area contributed by atoms with Gasteiger partial charge in [0.05, 0.1) is 5.16 Å². The molecule has 0 bridgehead atoms. The highest BCUT2D eigenvalue weighted by molar-refractivity contribution is 7.78. The van der Waals surface area contributed by atoms with Crippen molar-refractivity contribution >= 4 is 17.4 Å². The average Bonchev–Trinajstić information content (AvgIpc) is 2.19. The van der Waals surface area contributed by atoms with Gasteiger partial charge in [-0.2, -0.15) is 0 Å². The smallest absolute Gasteiger partial charge is 0.0846 e. The maximum absolute atomic E-state index is 4.43. The van der Waals surface area contributed by atoms with Crippen LogP contribution in [0.1, 0.15) is 12.8 Å². The molecule has 1 fully saturated rings. The number of hydrogen-bond donors (Lipinski definition) is 0. The summed E-state index contributed by atoms with van der Waals surface area (Å²) in [5, 5.41) is 8.12. The Morgan fingerprint density at radius 3 is 2.50 bits per heavy atom. The summed E-state index contributed by atoms with van der Waals surface area (Å²) < 4.78 is 0. The van der Waals surface area contributed by atoms with Gasteiger partial charge in [0.15, 0.2) is 0 Å². The van der Waals surface area contributed by atoms with Crippen molar-refractivity contribution in [1.29, 1.82) is 0 Å². The van der Waals surface area contributed by atoms with Gasteiger partial charge in [-0.1, -0.05) is 0 Å². The van der Waals surface area contributed by atoms with Crippen molar-refractivity contribution in [3.05, 3.63) is 0 Å². The van der Waals surface area contributed by atoms with Crippen LogP contribution in [0.3, 0.4) is 0 Å². The second kappa shape index (κ2) is 2.80. The molecule has 2 nitrogen and oxygen atoms in total. The van der Waals surface area contributed by atoms with Crippen LogP contribution in [0.5, 0.6) is 0 Å². The van der Waals surface area contributed by atoms with Crippen molar-refractivity contribution in [3.63, 3.8) is 0 Å². The minimum atomic E-state index is 1.06. The van der Waals surface area contributed by atoms with Crippen LogP contribution in [-0.4, -0.2) is 23.3 Å². The Balaban J connectivity index is 2.35. The summed E-state index contributed by atoms with van der Waals surface area (Å²) in [4.78, 5) is 0. The summed E-state index contributed by atoms with van der Waals surface area (Å²) in [6.07, 6.45) is 2.50. The van der Waals surface area contributed by atoms with Crippen molar-refractivity contribution in [2.75, 3.05) is 13.1 Å². The molecule has 1 saturated heterocycles. The lowest BCUT2D eigenvalue weighted by atomic mass is 10.4. The lowest BCUT2D eigenvalue weighted by Crippen LogP contribution is -2.09. The number of isothiocyanates is 1. The predicted octanol–water partition coefficient (Wildman–Crippen LogP) is 1.10. The van der Waals surface area contributed by atoms with Crippen LogP contribution in [0.4, 0.5) is 0 Å². The van der Waals surface area contributed by atoms with Crippen LogP contribution in [0.25, 0.3) is 0 Å². The van der Waals surface area contributed by atoms with E-state index in [1.54, 1.807) is 0 Å². The highest BCUT2D eigenvalue weighted by Crippen LogP contribution is 2.05. The molecule has 0 radical (unpaired) electrons. The Kier molecular flexibility index (Phi) is 2.00. The molecular formula is C5H8N2S. The van der Waals surface area contributed by atoms with Crippen LogP contribution in [0, 0.1) is 0 Å². The van der Waals surface area contributed by atoms with Crippen LogP contribution in [-0.2, 0) is 0 Å². The number of hydrazone groups is 1. The molecule has 0 N–H and O–H groups in total. The minimum Gasteiger partial charge on any atom is -0.288 e. The van der Waals surface area contributed by atoms with E-state index in [-0.39, 0.29) is 0 Å². The van der Waals surface area contributed by atoms with Crippen LogP contribution in [0.2, 0.25) is 0 Å². The second-order valence-corrected chi connectivity index (χ2v) is 2.03. The molecule has 0 amide bonds. The first kappa shape index (κ1) is 5.73. The Labute approximate surface area is 54.2 Å². The van der Waals surface area contributed by atoms with E-state index in [0.29, 0.717) is 0 Å². The first-order valence-electron chi connectivity index (χ1n) is 2.76. The number of thiocarbonyl (C=S) groups is 1. The molecule has 0 aromatic rings. The molecule has 0 unspecified atom stereocenters. The van der Waals surface area contributed by atoms with Gasteiger partial charge in [-0.3, -0.25) is 5.01 Å². The topological polar surface area (TPSA) is 15.6 Å². The molecule has 0 aromatic carbocycles. The highest BCUT2D eigenvalue weighted by atomic mass is 32.1. The monoisotopic (exact) mass is 128 g/mol. The zero-order valence-corrected chi connectivity index (χ0v) is 5.45. The molecule has 8 heavy (non-hydrogen) atoms. The van der Waals surface area contributed by atoms with Gasteiger partial charge in [-0.15, -0.1) is 5.10 Å². The fraction of sp³-hybridized carbons (Fsp3) is 0.800. The number of hydrogen-bond acceptors (Lipinski definition) is 3. The van der Waals surface area contributed by atoms with Crippen LogP contribution >= 0.6 is 12.2 Å². The van der Waals surface area contributed by atoms with Crippen molar-refractivity contribution in [1.82, 2.24) is 5.01 Å². The Bertz CT molecular complexity index is 112. The molecule has 0 aromatic heterocycles. The molecular weight excluding hydrogens is 120 g/mol. The van der Waals surface area contributed by atoms with Crippen LogP contribution in [0.15, 0.2) is 5.10 Å². The summed E-state index contributed by atoms with van der Waals surface area (Å²) >= 11 is 4.43. The normalized spacial score (nSPS) is 18.2. The predicted molar refractivity (Wildman–Crippen MR) is 35.8 cm³/mol. The molecule has 44 valence electrons. The van der Waals surface area contributed by atoms with E-state index in [1.807, 2.05) is 5.01 Å². The largest absolute Gasteiger partial charge is 0.288 e. The Morgan fingerprint density at radius 2 is 2.00 bits per heavy atom. The van der Waals surface area contributed by atoms with Gasteiger partial charge in [0.25, 0.3) is 0 Å². The molecule has 1 rings (SSSR count). The van der Waals surface area contributed by atoms with Crippen LogP contribution < -0.4 is 0 Å². The lowest BCUT2D eigenvalue weighted by molar-refractivity contribution is 0.363. The highest BCUT2D eigenvalue weighted by Gasteiger charge is 2.06. The standard InChI is InChI=1S/C5H8N2S/c8-5-6-7-3-1-2-4-7/h1-4H2. The van der Waals surface area contributed by atoms with Crippen molar-refractivity contribution in [3.8, 4) is 0 Å². The van der Waals surface area contributed by atoms with E-state index in [9.17, 15) is 0 Å². The average molecular weight is 128 g/mol.